The highest BCUT2D eigenvalue weighted by Crippen LogP contribution is 2.21. The van der Waals surface area contributed by atoms with Gasteiger partial charge in [-0.1, -0.05) is 6.07 Å². The molecule has 0 bridgehead atoms. The first kappa shape index (κ1) is 12.2. The summed E-state index contributed by atoms with van der Waals surface area (Å²) in [5.41, 5.74) is 2.52. The molecule has 0 aromatic heterocycles. The molecule has 1 aliphatic heterocycles. The second-order valence-electron chi connectivity index (χ2n) is 4.49. The maximum Gasteiger partial charge on any atom is 0.0751 e. The zero-order valence-corrected chi connectivity index (χ0v) is 12.0. The molecule has 2 unspecified atom stereocenters. The molecule has 1 aromatic rings. The number of rotatable bonds is 3. The van der Waals surface area contributed by atoms with E-state index in [2.05, 4.69) is 60.0 Å². The summed E-state index contributed by atoms with van der Waals surface area (Å²) in [5.74, 6) is 0. The van der Waals surface area contributed by atoms with Crippen LogP contribution in [0.2, 0.25) is 0 Å². The molecule has 0 aliphatic carbocycles. The quantitative estimate of drug-likeness (QED) is 0.855. The SMILES string of the molecule is Cc1ccc(NCC2CCC(C)O2)cc1I. The molecule has 1 saturated heterocycles. The van der Waals surface area contributed by atoms with Crippen molar-refractivity contribution in [3.63, 3.8) is 0 Å². The molecule has 1 fully saturated rings. The Labute approximate surface area is 111 Å². The van der Waals surface area contributed by atoms with Gasteiger partial charge in [-0.3, -0.25) is 0 Å². The lowest BCUT2D eigenvalue weighted by Gasteiger charge is -2.13. The Kier molecular flexibility index (Phi) is 4.08. The standard InChI is InChI=1S/C13H18INO/c1-9-3-5-11(7-13(9)14)15-8-12-6-4-10(2)16-12/h3,5,7,10,12,15H,4,6,8H2,1-2H3. The lowest BCUT2D eigenvalue weighted by Crippen LogP contribution is -2.19. The van der Waals surface area contributed by atoms with Gasteiger partial charge >= 0.3 is 0 Å². The molecule has 0 amide bonds. The summed E-state index contributed by atoms with van der Waals surface area (Å²) in [6.45, 7) is 5.20. The smallest absolute Gasteiger partial charge is 0.0751 e. The van der Waals surface area contributed by atoms with E-state index in [0.29, 0.717) is 12.2 Å². The Bertz CT molecular complexity index is 367. The van der Waals surface area contributed by atoms with E-state index in [1.54, 1.807) is 0 Å². The number of hydrogen-bond donors (Lipinski definition) is 1. The first-order valence-corrected chi connectivity index (χ1v) is 6.88. The Morgan fingerprint density at radius 3 is 2.88 bits per heavy atom. The molecule has 0 saturated carbocycles. The van der Waals surface area contributed by atoms with Crippen molar-refractivity contribution in [3.05, 3.63) is 27.3 Å². The molecule has 3 heteroatoms. The average Bonchev–Trinajstić information content (AvgIpc) is 2.66. The van der Waals surface area contributed by atoms with Gasteiger partial charge in [0.15, 0.2) is 0 Å². The number of halogens is 1. The largest absolute Gasteiger partial charge is 0.382 e. The lowest BCUT2D eigenvalue weighted by molar-refractivity contribution is 0.0637. The van der Waals surface area contributed by atoms with Gasteiger partial charge in [0, 0.05) is 15.8 Å². The van der Waals surface area contributed by atoms with Crippen LogP contribution in [0.1, 0.15) is 25.3 Å². The Balaban J connectivity index is 1.87. The van der Waals surface area contributed by atoms with Crippen LogP contribution in [-0.4, -0.2) is 18.8 Å². The molecule has 88 valence electrons. The molecule has 2 rings (SSSR count). The van der Waals surface area contributed by atoms with Crippen molar-refractivity contribution in [1.82, 2.24) is 0 Å². The van der Waals surface area contributed by atoms with E-state index in [1.807, 2.05) is 0 Å². The van der Waals surface area contributed by atoms with Crippen molar-refractivity contribution in [2.24, 2.45) is 0 Å². The fourth-order valence-corrected chi connectivity index (χ4v) is 2.49. The lowest BCUT2D eigenvalue weighted by atomic mass is 10.2. The highest BCUT2D eigenvalue weighted by Gasteiger charge is 2.21. The predicted molar refractivity (Wildman–Crippen MR) is 76.0 cm³/mol. The van der Waals surface area contributed by atoms with Crippen LogP contribution >= 0.6 is 22.6 Å². The number of hydrogen-bond acceptors (Lipinski definition) is 2. The van der Waals surface area contributed by atoms with E-state index in [0.717, 1.165) is 6.54 Å². The van der Waals surface area contributed by atoms with Crippen LogP contribution in [0.5, 0.6) is 0 Å². The summed E-state index contributed by atoms with van der Waals surface area (Å²) in [5, 5.41) is 3.45. The summed E-state index contributed by atoms with van der Waals surface area (Å²) in [4.78, 5) is 0. The van der Waals surface area contributed by atoms with E-state index in [9.17, 15) is 0 Å². The zero-order chi connectivity index (χ0) is 11.5. The molecular weight excluding hydrogens is 313 g/mol. The normalized spacial score (nSPS) is 24.7. The van der Waals surface area contributed by atoms with Gasteiger partial charge in [-0.15, -0.1) is 0 Å². The number of ether oxygens (including phenoxy) is 1. The van der Waals surface area contributed by atoms with E-state index < -0.39 is 0 Å². The average molecular weight is 331 g/mol. The van der Waals surface area contributed by atoms with Crippen LogP contribution in [0.4, 0.5) is 5.69 Å². The van der Waals surface area contributed by atoms with Crippen molar-refractivity contribution >= 4 is 28.3 Å². The fourth-order valence-electron chi connectivity index (χ4n) is 1.97. The van der Waals surface area contributed by atoms with Gasteiger partial charge < -0.3 is 10.1 Å². The summed E-state index contributed by atoms with van der Waals surface area (Å²) >= 11 is 2.37. The van der Waals surface area contributed by atoms with Crippen LogP contribution in [0.3, 0.4) is 0 Å². The number of benzene rings is 1. The monoisotopic (exact) mass is 331 g/mol. The van der Waals surface area contributed by atoms with Crippen molar-refractivity contribution in [3.8, 4) is 0 Å². The second kappa shape index (κ2) is 5.36. The van der Waals surface area contributed by atoms with Crippen molar-refractivity contribution in [2.75, 3.05) is 11.9 Å². The van der Waals surface area contributed by atoms with Gasteiger partial charge in [0.1, 0.15) is 0 Å². The highest BCUT2D eigenvalue weighted by molar-refractivity contribution is 14.1. The number of anilines is 1. The zero-order valence-electron chi connectivity index (χ0n) is 9.79. The third-order valence-corrected chi connectivity index (χ3v) is 4.19. The minimum Gasteiger partial charge on any atom is -0.382 e. The van der Waals surface area contributed by atoms with Gasteiger partial charge in [-0.25, -0.2) is 0 Å². The summed E-state index contributed by atoms with van der Waals surface area (Å²) in [6.07, 6.45) is 3.19. The molecule has 0 radical (unpaired) electrons. The van der Waals surface area contributed by atoms with E-state index in [1.165, 1.54) is 27.7 Å². The molecule has 0 spiro atoms. The third-order valence-electron chi connectivity index (χ3n) is 3.03. The fraction of sp³-hybridized carbons (Fsp3) is 0.538. The van der Waals surface area contributed by atoms with Crippen LogP contribution in [0.25, 0.3) is 0 Å². The van der Waals surface area contributed by atoms with Crippen LogP contribution in [0.15, 0.2) is 18.2 Å². The van der Waals surface area contributed by atoms with Gasteiger partial charge in [0.05, 0.1) is 12.2 Å². The molecular formula is C13H18INO. The second-order valence-corrected chi connectivity index (χ2v) is 5.65. The first-order valence-electron chi connectivity index (χ1n) is 5.80. The van der Waals surface area contributed by atoms with Gasteiger partial charge in [0.2, 0.25) is 0 Å². The molecule has 2 atom stereocenters. The molecule has 2 nitrogen and oxygen atoms in total. The van der Waals surface area contributed by atoms with Crippen LogP contribution in [-0.2, 0) is 4.74 Å². The van der Waals surface area contributed by atoms with Gasteiger partial charge in [0.25, 0.3) is 0 Å². The van der Waals surface area contributed by atoms with Crippen LogP contribution < -0.4 is 5.32 Å². The maximum absolute atomic E-state index is 5.77. The first-order chi connectivity index (χ1) is 7.65. The molecule has 1 aromatic carbocycles. The Hall–Kier alpha value is -0.290. The third kappa shape index (κ3) is 3.10. The topological polar surface area (TPSA) is 21.3 Å². The molecule has 1 heterocycles. The minimum absolute atomic E-state index is 0.383. The Morgan fingerprint density at radius 2 is 2.25 bits per heavy atom. The number of nitrogens with one attached hydrogen (secondary N) is 1. The van der Waals surface area contributed by atoms with Crippen LogP contribution in [0, 0.1) is 10.5 Å². The summed E-state index contributed by atoms with van der Waals surface area (Å²) in [6, 6.07) is 6.48. The maximum atomic E-state index is 5.77. The summed E-state index contributed by atoms with van der Waals surface area (Å²) < 4.78 is 7.08. The number of aryl methyl sites for hydroxylation is 1. The molecule has 1 aliphatic rings. The molecule has 1 N–H and O–H groups in total. The predicted octanol–water partition coefficient (Wildman–Crippen LogP) is 3.58. The minimum atomic E-state index is 0.383. The van der Waals surface area contributed by atoms with Crippen molar-refractivity contribution < 1.29 is 4.74 Å². The highest BCUT2D eigenvalue weighted by atomic mass is 127. The van der Waals surface area contributed by atoms with Gasteiger partial charge in [-0.05, 0) is 67.0 Å². The Morgan fingerprint density at radius 1 is 1.44 bits per heavy atom. The summed E-state index contributed by atoms with van der Waals surface area (Å²) in [7, 11) is 0. The van der Waals surface area contributed by atoms with Crippen molar-refractivity contribution in [2.45, 2.75) is 38.9 Å². The molecule has 16 heavy (non-hydrogen) atoms. The van der Waals surface area contributed by atoms with E-state index in [4.69, 9.17) is 4.74 Å². The van der Waals surface area contributed by atoms with E-state index in [-0.39, 0.29) is 0 Å². The van der Waals surface area contributed by atoms with E-state index >= 15 is 0 Å². The van der Waals surface area contributed by atoms with Crippen molar-refractivity contribution in [1.29, 1.82) is 0 Å². The van der Waals surface area contributed by atoms with Gasteiger partial charge in [-0.2, -0.15) is 0 Å².